The van der Waals surface area contributed by atoms with Crippen molar-refractivity contribution in [3.8, 4) is 5.75 Å². The van der Waals surface area contributed by atoms with Gasteiger partial charge in [-0.25, -0.2) is 0 Å². The highest BCUT2D eigenvalue weighted by atomic mass is 16.6. The number of nitrogens with zero attached hydrogens (tertiary/aromatic N) is 2. The molecule has 0 saturated heterocycles. The Morgan fingerprint density at radius 2 is 1.94 bits per heavy atom. The van der Waals surface area contributed by atoms with Crippen molar-refractivity contribution in [1.82, 2.24) is 9.88 Å². The number of non-ortho nitro benzene ring substituents is 1. The van der Waals surface area contributed by atoms with Crippen molar-refractivity contribution in [3.05, 3.63) is 105 Å². The quantitative estimate of drug-likeness (QED) is 0.359. The van der Waals surface area contributed by atoms with Gasteiger partial charge in [-0.05, 0) is 48.4 Å². The van der Waals surface area contributed by atoms with Crippen LogP contribution in [-0.2, 0) is 13.0 Å². The molecule has 0 aliphatic carbocycles. The number of fused-ring (bicyclic) bond motifs is 3. The van der Waals surface area contributed by atoms with Gasteiger partial charge in [0.15, 0.2) is 0 Å². The van der Waals surface area contributed by atoms with E-state index in [9.17, 15) is 10.1 Å². The Balaban J connectivity index is 1.50. The zero-order valence-electron chi connectivity index (χ0n) is 17.2. The Morgan fingerprint density at radius 1 is 1.10 bits per heavy atom. The Hall–Kier alpha value is -3.64. The molecule has 2 heterocycles. The molecule has 0 saturated carbocycles. The third-order valence-electron chi connectivity index (χ3n) is 5.98. The molecule has 1 unspecified atom stereocenters. The van der Waals surface area contributed by atoms with Gasteiger partial charge in [-0.15, -0.1) is 0 Å². The summed E-state index contributed by atoms with van der Waals surface area (Å²) in [6, 6.07) is 23.1. The summed E-state index contributed by atoms with van der Waals surface area (Å²) in [5.74, 6) is 0.837. The molecule has 1 N–H and O–H groups in total. The summed E-state index contributed by atoms with van der Waals surface area (Å²) >= 11 is 0. The normalized spacial score (nSPS) is 16.2. The molecule has 5 rings (SSSR count). The summed E-state index contributed by atoms with van der Waals surface area (Å²) in [5, 5.41) is 12.4. The van der Waals surface area contributed by atoms with Gasteiger partial charge in [-0.3, -0.25) is 15.0 Å². The Kier molecular flexibility index (Phi) is 4.92. The van der Waals surface area contributed by atoms with E-state index in [0.29, 0.717) is 6.61 Å². The van der Waals surface area contributed by atoms with Gasteiger partial charge in [0.2, 0.25) is 0 Å². The molecule has 3 aromatic carbocycles. The molecule has 0 radical (unpaired) electrons. The van der Waals surface area contributed by atoms with E-state index in [4.69, 9.17) is 4.74 Å². The average Bonchev–Trinajstić information content (AvgIpc) is 3.16. The Bertz CT molecular complexity index is 1250. The van der Waals surface area contributed by atoms with Crippen LogP contribution < -0.4 is 4.74 Å². The minimum absolute atomic E-state index is 0.0512. The van der Waals surface area contributed by atoms with Crippen LogP contribution in [0.5, 0.6) is 5.75 Å². The van der Waals surface area contributed by atoms with Crippen molar-refractivity contribution in [2.24, 2.45) is 0 Å². The van der Waals surface area contributed by atoms with Gasteiger partial charge >= 0.3 is 0 Å². The largest absolute Gasteiger partial charge is 0.489 e. The number of benzene rings is 3. The topological polar surface area (TPSA) is 71.4 Å². The fourth-order valence-electron chi connectivity index (χ4n) is 4.45. The van der Waals surface area contributed by atoms with Crippen LogP contribution >= 0.6 is 0 Å². The number of rotatable bonds is 5. The monoisotopic (exact) mass is 413 g/mol. The number of hydrogen-bond donors (Lipinski definition) is 1. The molecule has 1 atom stereocenters. The first-order valence-electron chi connectivity index (χ1n) is 10.4. The van der Waals surface area contributed by atoms with Gasteiger partial charge in [0.1, 0.15) is 12.4 Å². The van der Waals surface area contributed by atoms with Crippen LogP contribution in [-0.4, -0.2) is 28.4 Å². The van der Waals surface area contributed by atoms with Crippen molar-refractivity contribution in [1.29, 1.82) is 0 Å². The molecule has 0 fully saturated rings. The van der Waals surface area contributed by atoms with E-state index >= 15 is 0 Å². The molecule has 4 aromatic rings. The minimum Gasteiger partial charge on any atom is -0.489 e. The summed E-state index contributed by atoms with van der Waals surface area (Å²) in [5.41, 5.74) is 5.59. The fourth-order valence-corrected chi connectivity index (χ4v) is 4.45. The predicted molar refractivity (Wildman–Crippen MR) is 120 cm³/mol. The second kappa shape index (κ2) is 7.89. The molecule has 1 aliphatic rings. The number of likely N-dealkylation sites (N-methyl/N-ethyl adjacent to an activating group) is 1. The van der Waals surface area contributed by atoms with E-state index in [2.05, 4.69) is 41.2 Å². The van der Waals surface area contributed by atoms with Crippen LogP contribution in [0.25, 0.3) is 10.9 Å². The van der Waals surface area contributed by atoms with E-state index in [1.54, 1.807) is 12.1 Å². The van der Waals surface area contributed by atoms with Crippen LogP contribution in [0.4, 0.5) is 5.69 Å². The number of aromatic amines is 1. The third kappa shape index (κ3) is 3.66. The summed E-state index contributed by atoms with van der Waals surface area (Å²) in [6.07, 6.45) is 0.916. The highest BCUT2D eigenvalue weighted by Crippen LogP contribution is 2.39. The van der Waals surface area contributed by atoms with Gasteiger partial charge in [0, 0.05) is 35.3 Å². The second-order valence-corrected chi connectivity index (χ2v) is 7.98. The highest BCUT2D eigenvalue weighted by Gasteiger charge is 2.30. The van der Waals surface area contributed by atoms with Crippen molar-refractivity contribution >= 4 is 16.6 Å². The predicted octanol–water partition coefficient (Wildman–Crippen LogP) is 5.23. The zero-order valence-corrected chi connectivity index (χ0v) is 17.2. The molecule has 0 bridgehead atoms. The van der Waals surface area contributed by atoms with Gasteiger partial charge in [0.05, 0.1) is 11.0 Å². The fraction of sp³-hybridized carbons (Fsp3) is 0.200. The second-order valence-electron chi connectivity index (χ2n) is 7.98. The molecule has 156 valence electrons. The van der Waals surface area contributed by atoms with Gasteiger partial charge in [0.25, 0.3) is 5.69 Å². The van der Waals surface area contributed by atoms with Gasteiger partial charge in [-0.2, -0.15) is 0 Å². The number of nitro groups is 1. The molecule has 0 spiro atoms. The number of hydrogen-bond acceptors (Lipinski definition) is 4. The van der Waals surface area contributed by atoms with E-state index in [1.807, 2.05) is 30.3 Å². The van der Waals surface area contributed by atoms with Crippen LogP contribution in [0, 0.1) is 10.1 Å². The maximum Gasteiger partial charge on any atom is 0.269 e. The molecule has 6 heteroatoms. The first-order valence-corrected chi connectivity index (χ1v) is 10.4. The molecular weight excluding hydrogens is 390 g/mol. The van der Waals surface area contributed by atoms with E-state index in [0.717, 1.165) is 46.4 Å². The van der Waals surface area contributed by atoms with Crippen molar-refractivity contribution in [2.45, 2.75) is 19.1 Å². The standard InChI is InChI=1S/C25H23N3O3/c1-27-13-12-21-22-15-20(31-16-17-6-3-2-4-7-17)10-11-23(22)26-24(21)25(27)18-8-5-9-19(14-18)28(29)30/h2-11,14-15,25-26H,12-13,16H2,1H3. The van der Waals surface area contributed by atoms with Crippen molar-refractivity contribution in [3.63, 3.8) is 0 Å². The Labute approximate surface area is 180 Å². The summed E-state index contributed by atoms with van der Waals surface area (Å²) < 4.78 is 6.04. The zero-order chi connectivity index (χ0) is 21.4. The van der Waals surface area contributed by atoms with Gasteiger partial charge < -0.3 is 9.72 Å². The SMILES string of the molecule is CN1CCc2c([nH]c3ccc(OCc4ccccc4)cc23)C1c1cccc([N+](=O)[O-])c1. The smallest absolute Gasteiger partial charge is 0.269 e. The summed E-state index contributed by atoms with van der Waals surface area (Å²) in [6.45, 7) is 1.40. The Morgan fingerprint density at radius 3 is 2.74 bits per heavy atom. The first kappa shape index (κ1) is 19.3. The van der Waals surface area contributed by atoms with Crippen LogP contribution in [0.3, 0.4) is 0 Å². The summed E-state index contributed by atoms with van der Waals surface area (Å²) in [7, 11) is 2.06. The maximum atomic E-state index is 11.3. The first-order chi connectivity index (χ1) is 15.1. The lowest BCUT2D eigenvalue weighted by Crippen LogP contribution is -2.32. The van der Waals surface area contributed by atoms with E-state index in [1.165, 1.54) is 11.6 Å². The molecule has 1 aliphatic heterocycles. The number of nitrogens with one attached hydrogen (secondary N) is 1. The minimum atomic E-state index is -0.338. The molecule has 0 amide bonds. The van der Waals surface area contributed by atoms with Crippen molar-refractivity contribution < 1.29 is 9.66 Å². The molecule has 31 heavy (non-hydrogen) atoms. The average molecular weight is 413 g/mol. The number of ether oxygens (including phenoxy) is 1. The third-order valence-corrected chi connectivity index (χ3v) is 5.98. The highest BCUT2D eigenvalue weighted by molar-refractivity contribution is 5.86. The molecule has 6 nitrogen and oxygen atoms in total. The van der Waals surface area contributed by atoms with Crippen molar-refractivity contribution in [2.75, 3.05) is 13.6 Å². The summed E-state index contributed by atoms with van der Waals surface area (Å²) in [4.78, 5) is 16.8. The van der Waals surface area contributed by atoms with Crippen LogP contribution in [0.15, 0.2) is 72.8 Å². The van der Waals surface area contributed by atoms with Gasteiger partial charge in [-0.1, -0.05) is 42.5 Å². The van der Waals surface area contributed by atoms with Crippen LogP contribution in [0.2, 0.25) is 0 Å². The lowest BCUT2D eigenvalue weighted by molar-refractivity contribution is -0.384. The molecular formula is C25H23N3O3. The lowest BCUT2D eigenvalue weighted by Gasteiger charge is -2.33. The number of nitro benzene ring substituents is 1. The molecule has 1 aromatic heterocycles. The lowest BCUT2D eigenvalue weighted by atomic mass is 9.92. The number of aromatic nitrogens is 1. The number of H-pyrrole nitrogens is 1. The van der Waals surface area contributed by atoms with Crippen LogP contribution in [0.1, 0.15) is 28.4 Å². The maximum absolute atomic E-state index is 11.3. The van der Waals surface area contributed by atoms with E-state index < -0.39 is 0 Å². The van der Waals surface area contributed by atoms with E-state index in [-0.39, 0.29) is 16.7 Å².